The Morgan fingerprint density at radius 1 is 1.31 bits per heavy atom. The van der Waals surface area contributed by atoms with Gasteiger partial charge in [0.1, 0.15) is 11.6 Å². The Balaban J connectivity index is 2.30. The highest BCUT2D eigenvalue weighted by molar-refractivity contribution is 9.10. The van der Waals surface area contributed by atoms with Crippen LogP contribution in [-0.4, -0.2) is 9.97 Å². The normalized spacial score (nSPS) is 10.1. The van der Waals surface area contributed by atoms with E-state index in [-0.39, 0.29) is 0 Å². The van der Waals surface area contributed by atoms with Gasteiger partial charge in [0.25, 0.3) is 0 Å². The number of hydrogen-bond acceptors (Lipinski definition) is 4. The Hall–Kier alpha value is -1.33. The van der Waals surface area contributed by atoms with Crippen LogP contribution < -0.4 is 10.5 Å². The summed E-state index contributed by atoms with van der Waals surface area (Å²) in [4.78, 5) is 7.82. The van der Waals surface area contributed by atoms with Gasteiger partial charge in [-0.1, -0.05) is 27.5 Å². The van der Waals surface area contributed by atoms with Gasteiger partial charge in [0.15, 0.2) is 0 Å². The Morgan fingerprint density at radius 2 is 2.12 bits per heavy atom. The molecule has 0 amide bonds. The van der Waals surface area contributed by atoms with Crippen LogP contribution in [-0.2, 0) is 0 Å². The Morgan fingerprint density at radius 3 is 2.88 bits per heavy atom. The second kappa shape index (κ2) is 4.67. The lowest BCUT2D eigenvalue weighted by Gasteiger charge is -2.06. The lowest BCUT2D eigenvalue weighted by atomic mass is 10.3. The molecule has 1 aromatic heterocycles. The molecule has 0 spiro atoms. The topological polar surface area (TPSA) is 61.0 Å². The number of halogens is 2. The molecule has 16 heavy (non-hydrogen) atoms. The maximum absolute atomic E-state index is 5.96. The first-order valence-corrected chi connectivity index (χ1v) is 5.52. The van der Waals surface area contributed by atoms with Crippen molar-refractivity contribution in [2.45, 2.75) is 0 Å². The summed E-state index contributed by atoms with van der Waals surface area (Å²) in [5.41, 5.74) is 5.48. The predicted molar refractivity (Wildman–Crippen MR) is 65.7 cm³/mol. The lowest BCUT2D eigenvalue weighted by Crippen LogP contribution is -1.95. The van der Waals surface area contributed by atoms with Crippen LogP contribution in [0.1, 0.15) is 0 Å². The van der Waals surface area contributed by atoms with Crippen molar-refractivity contribution in [2.75, 3.05) is 5.73 Å². The number of nitrogen functional groups attached to an aromatic ring is 1. The SMILES string of the molecule is Nc1cncc(Oc2cc(Br)ccc2Cl)n1. The molecule has 0 unspecified atom stereocenters. The van der Waals surface area contributed by atoms with Crippen LogP contribution in [0.2, 0.25) is 5.02 Å². The maximum atomic E-state index is 5.96. The number of aromatic nitrogens is 2. The van der Waals surface area contributed by atoms with E-state index in [9.17, 15) is 0 Å². The van der Waals surface area contributed by atoms with Crippen LogP contribution in [0.15, 0.2) is 35.1 Å². The number of hydrogen-bond donors (Lipinski definition) is 1. The molecule has 4 nitrogen and oxygen atoms in total. The van der Waals surface area contributed by atoms with Crippen molar-refractivity contribution in [2.24, 2.45) is 0 Å². The first-order chi connectivity index (χ1) is 7.65. The van der Waals surface area contributed by atoms with Gasteiger partial charge in [-0.3, -0.25) is 4.98 Å². The summed E-state index contributed by atoms with van der Waals surface area (Å²) >= 11 is 9.29. The molecule has 0 radical (unpaired) electrons. The number of rotatable bonds is 2. The average Bonchev–Trinajstić information content (AvgIpc) is 2.24. The Labute approximate surface area is 106 Å². The second-order valence-electron chi connectivity index (χ2n) is 2.96. The van der Waals surface area contributed by atoms with Gasteiger partial charge in [0, 0.05) is 4.47 Å². The predicted octanol–water partition coefficient (Wildman–Crippen LogP) is 3.27. The number of nitrogens with two attached hydrogens (primary N) is 1. The van der Waals surface area contributed by atoms with Crippen molar-refractivity contribution in [3.8, 4) is 11.6 Å². The van der Waals surface area contributed by atoms with Crippen molar-refractivity contribution >= 4 is 33.3 Å². The number of nitrogens with zero attached hydrogens (tertiary/aromatic N) is 2. The van der Waals surface area contributed by atoms with Gasteiger partial charge < -0.3 is 10.5 Å². The van der Waals surface area contributed by atoms with E-state index in [1.165, 1.54) is 12.4 Å². The molecule has 1 heterocycles. The van der Waals surface area contributed by atoms with E-state index >= 15 is 0 Å². The van der Waals surface area contributed by atoms with Gasteiger partial charge in [-0.2, -0.15) is 4.98 Å². The first kappa shape index (κ1) is 11.2. The number of benzene rings is 1. The van der Waals surface area contributed by atoms with E-state index < -0.39 is 0 Å². The Bertz CT molecular complexity index is 521. The minimum Gasteiger partial charge on any atom is -0.436 e. The average molecular weight is 301 g/mol. The van der Waals surface area contributed by atoms with E-state index in [4.69, 9.17) is 22.1 Å². The summed E-state index contributed by atoms with van der Waals surface area (Å²) in [5, 5.41) is 0.493. The quantitative estimate of drug-likeness (QED) is 0.924. The van der Waals surface area contributed by atoms with E-state index in [1.807, 2.05) is 6.07 Å². The first-order valence-electron chi connectivity index (χ1n) is 4.35. The summed E-state index contributed by atoms with van der Waals surface area (Å²) in [7, 11) is 0. The molecule has 2 aromatic rings. The van der Waals surface area contributed by atoms with E-state index in [0.29, 0.717) is 22.5 Å². The van der Waals surface area contributed by atoms with Crippen LogP contribution in [0, 0.1) is 0 Å². The third-order valence-electron chi connectivity index (χ3n) is 1.74. The fourth-order valence-corrected chi connectivity index (χ4v) is 1.58. The lowest BCUT2D eigenvalue weighted by molar-refractivity contribution is 0.461. The van der Waals surface area contributed by atoms with Crippen LogP contribution in [0.3, 0.4) is 0 Å². The fraction of sp³-hybridized carbons (Fsp3) is 0. The van der Waals surface area contributed by atoms with Crippen LogP contribution >= 0.6 is 27.5 Å². The maximum Gasteiger partial charge on any atom is 0.239 e. The van der Waals surface area contributed by atoms with Crippen molar-refractivity contribution in [1.82, 2.24) is 9.97 Å². The zero-order chi connectivity index (χ0) is 11.5. The molecule has 1 aromatic carbocycles. The van der Waals surface area contributed by atoms with Gasteiger partial charge >= 0.3 is 0 Å². The van der Waals surface area contributed by atoms with Gasteiger partial charge in [-0.15, -0.1) is 0 Å². The highest BCUT2D eigenvalue weighted by Crippen LogP contribution is 2.31. The third-order valence-corrected chi connectivity index (χ3v) is 2.54. The minimum atomic E-state index is 0.295. The standard InChI is InChI=1S/C10H7BrClN3O/c11-6-1-2-7(12)8(3-6)16-10-5-14-4-9(13)15-10/h1-5H,(H2,13,15). The number of ether oxygens (including phenoxy) is 1. The molecule has 0 fully saturated rings. The van der Waals surface area contributed by atoms with Crippen molar-refractivity contribution in [3.63, 3.8) is 0 Å². The van der Waals surface area contributed by atoms with Gasteiger partial charge in [0.05, 0.1) is 17.4 Å². The fourth-order valence-electron chi connectivity index (χ4n) is 1.08. The smallest absolute Gasteiger partial charge is 0.239 e. The van der Waals surface area contributed by atoms with Crippen molar-refractivity contribution < 1.29 is 4.74 Å². The second-order valence-corrected chi connectivity index (χ2v) is 4.28. The molecule has 2 rings (SSSR count). The van der Waals surface area contributed by atoms with Crippen molar-refractivity contribution in [1.29, 1.82) is 0 Å². The van der Waals surface area contributed by atoms with Crippen LogP contribution in [0.25, 0.3) is 0 Å². The molecule has 0 atom stereocenters. The summed E-state index contributed by atoms with van der Waals surface area (Å²) in [6.07, 6.45) is 2.91. The molecule has 0 saturated heterocycles. The molecule has 0 saturated carbocycles. The zero-order valence-electron chi connectivity index (χ0n) is 8.02. The molecule has 0 bridgehead atoms. The largest absolute Gasteiger partial charge is 0.436 e. The summed E-state index contributed by atoms with van der Waals surface area (Å²) in [6, 6.07) is 5.29. The van der Waals surface area contributed by atoms with Gasteiger partial charge in [-0.05, 0) is 18.2 Å². The van der Waals surface area contributed by atoms with E-state index in [0.717, 1.165) is 4.47 Å². The molecule has 0 aliphatic carbocycles. The zero-order valence-corrected chi connectivity index (χ0v) is 10.4. The van der Waals surface area contributed by atoms with Crippen LogP contribution in [0.4, 0.5) is 5.82 Å². The van der Waals surface area contributed by atoms with Crippen molar-refractivity contribution in [3.05, 3.63) is 40.1 Å². The summed E-state index contributed by atoms with van der Waals surface area (Å²) in [5.74, 6) is 1.10. The third kappa shape index (κ3) is 2.62. The number of anilines is 1. The van der Waals surface area contributed by atoms with Crippen LogP contribution in [0.5, 0.6) is 11.6 Å². The summed E-state index contributed by atoms with van der Waals surface area (Å²) in [6.45, 7) is 0. The molecule has 0 aliphatic heterocycles. The molecule has 82 valence electrons. The molecular weight excluding hydrogens is 293 g/mol. The molecule has 0 aliphatic rings. The molecule has 6 heteroatoms. The van der Waals surface area contributed by atoms with Gasteiger partial charge in [-0.25, -0.2) is 0 Å². The highest BCUT2D eigenvalue weighted by atomic mass is 79.9. The van der Waals surface area contributed by atoms with E-state index in [2.05, 4.69) is 25.9 Å². The summed E-state index contributed by atoms with van der Waals surface area (Å²) < 4.78 is 6.32. The highest BCUT2D eigenvalue weighted by Gasteiger charge is 2.05. The Kier molecular flexibility index (Phi) is 3.26. The van der Waals surface area contributed by atoms with E-state index in [1.54, 1.807) is 12.1 Å². The molecular formula is C10H7BrClN3O. The molecule has 2 N–H and O–H groups in total. The van der Waals surface area contributed by atoms with Gasteiger partial charge in [0.2, 0.25) is 5.88 Å². The minimum absolute atomic E-state index is 0.295. The monoisotopic (exact) mass is 299 g/mol.